The molecule has 0 amide bonds. The maximum absolute atomic E-state index is 12.6. The van der Waals surface area contributed by atoms with Gasteiger partial charge in [-0.05, 0) is 49.7 Å². The van der Waals surface area contributed by atoms with E-state index in [1.54, 1.807) is 56.6 Å². The largest absolute Gasteiger partial charge is 0.266 e. The molecule has 1 aromatic heterocycles. The van der Waals surface area contributed by atoms with Crippen LogP contribution < -0.4 is 4.31 Å². The van der Waals surface area contributed by atoms with Gasteiger partial charge in [-0.3, -0.25) is 9.29 Å². The highest BCUT2D eigenvalue weighted by atomic mass is 35.5. The van der Waals surface area contributed by atoms with Crippen LogP contribution in [0.4, 0.5) is 5.69 Å². The molecule has 2 rings (SSSR count). The van der Waals surface area contributed by atoms with E-state index in [0.29, 0.717) is 10.7 Å². The Labute approximate surface area is 130 Å². The Morgan fingerprint density at radius 1 is 1.19 bits per heavy atom. The Morgan fingerprint density at radius 3 is 2.38 bits per heavy atom. The molecule has 0 aliphatic carbocycles. The third-order valence-corrected chi connectivity index (χ3v) is 5.46. The molecule has 6 heteroatoms. The molecule has 0 spiro atoms. The van der Waals surface area contributed by atoms with E-state index < -0.39 is 15.3 Å². The van der Waals surface area contributed by atoms with Crippen LogP contribution in [0.2, 0.25) is 5.02 Å². The Balaban J connectivity index is 2.42. The number of nitrogens with zero attached hydrogens (tertiary/aromatic N) is 2. The van der Waals surface area contributed by atoms with Gasteiger partial charge in [0.15, 0.2) is 0 Å². The minimum atomic E-state index is -3.44. The lowest BCUT2D eigenvalue weighted by atomic mass is 10.2. The third kappa shape index (κ3) is 3.74. The molecule has 0 aliphatic heterocycles. The van der Waals surface area contributed by atoms with E-state index >= 15 is 0 Å². The van der Waals surface area contributed by atoms with Crippen molar-refractivity contribution >= 4 is 27.3 Å². The summed E-state index contributed by atoms with van der Waals surface area (Å²) in [5, 5.41) is 0.0619. The molecule has 0 fully saturated rings. The van der Waals surface area contributed by atoms with Crippen molar-refractivity contribution in [1.29, 1.82) is 0 Å². The third-order valence-electron chi connectivity index (χ3n) is 3.07. The van der Waals surface area contributed by atoms with Gasteiger partial charge in [-0.1, -0.05) is 17.7 Å². The second kappa shape index (κ2) is 6.45. The predicted molar refractivity (Wildman–Crippen MR) is 85.9 cm³/mol. The van der Waals surface area contributed by atoms with Crippen molar-refractivity contribution in [3.8, 4) is 0 Å². The fraction of sp³-hybridized carbons (Fsp3) is 0.267. The van der Waals surface area contributed by atoms with E-state index in [2.05, 4.69) is 4.98 Å². The fourth-order valence-corrected chi connectivity index (χ4v) is 3.23. The van der Waals surface area contributed by atoms with Crippen LogP contribution in [-0.2, 0) is 16.6 Å². The number of halogens is 1. The lowest BCUT2D eigenvalue weighted by Crippen LogP contribution is -2.36. The van der Waals surface area contributed by atoms with E-state index in [1.807, 2.05) is 6.07 Å². The van der Waals surface area contributed by atoms with Crippen molar-refractivity contribution in [2.24, 2.45) is 0 Å². The lowest BCUT2D eigenvalue weighted by molar-refractivity contribution is 0.581. The minimum absolute atomic E-state index is 0.246. The molecule has 1 heterocycles. The molecular formula is C15H17ClN2O2S. The average Bonchev–Trinajstić information content (AvgIpc) is 2.46. The molecule has 0 bridgehead atoms. The highest BCUT2D eigenvalue weighted by Gasteiger charge is 2.26. The molecule has 0 aliphatic rings. The van der Waals surface area contributed by atoms with Crippen molar-refractivity contribution in [2.45, 2.75) is 25.6 Å². The number of sulfonamides is 1. The van der Waals surface area contributed by atoms with Crippen molar-refractivity contribution in [3.05, 3.63) is 59.4 Å². The smallest absolute Gasteiger partial charge is 0.237 e. The molecule has 0 radical (unpaired) electrons. The van der Waals surface area contributed by atoms with Crippen molar-refractivity contribution in [3.63, 3.8) is 0 Å². The molecule has 2 aromatic rings. The van der Waals surface area contributed by atoms with Gasteiger partial charge >= 0.3 is 0 Å². The number of aromatic nitrogens is 1. The first-order valence-corrected chi connectivity index (χ1v) is 8.45. The number of benzene rings is 1. The predicted octanol–water partition coefficient (Wildman–Crippen LogP) is 3.48. The molecule has 112 valence electrons. The zero-order chi connectivity index (χ0) is 15.5. The fourth-order valence-electron chi connectivity index (χ4n) is 1.85. The SMILES string of the molecule is CC(C)S(=O)(=O)N(Cc1cccnc1)c1ccc(Cl)cc1. The Bertz CT molecular complexity index is 685. The van der Waals surface area contributed by atoms with Crippen molar-refractivity contribution < 1.29 is 8.42 Å². The van der Waals surface area contributed by atoms with Crippen LogP contribution in [0.25, 0.3) is 0 Å². The Kier molecular flexibility index (Phi) is 4.85. The molecule has 0 atom stereocenters. The van der Waals surface area contributed by atoms with Crippen molar-refractivity contribution in [2.75, 3.05) is 4.31 Å². The maximum atomic E-state index is 12.6. The van der Waals surface area contributed by atoms with E-state index in [9.17, 15) is 8.42 Å². The highest BCUT2D eigenvalue weighted by molar-refractivity contribution is 7.93. The van der Waals surface area contributed by atoms with Gasteiger partial charge in [0.05, 0.1) is 17.5 Å². The van der Waals surface area contributed by atoms with Gasteiger partial charge in [-0.2, -0.15) is 0 Å². The van der Waals surface area contributed by atoms with Crippen LogP contribution in [0.1, 0.15) is 19.4 Å². The number of anilines is 1. The maximum Gasteiger partial charge on any atom is 0.237 e. The van der Waals surface area contributed by atoms with Gasteiger partial charge in [0.1, 0.15) is 0 Å². The van der Waals surface area contributed by atoms with E-state index in [-0.39, 0.29) is 6.54 Å². The summed E-state index contributed by atoms with van der Waals surface area (Å²) in [4.78, 5) is 4.03. The van der Waals surface area contributed by atoms with Crippen LogP contribution >= 0.6 is 11.6 Å². The molecule has 0 unspecified atom stereocenters. The second-order valence-electron chi connectivity index (χ2n) is 4.94. The summed E-state index contributed by atoms with van der Waals surface area (Å²) >= 11 is 5.88. The zero-order valence-corrected chi connectivity index (χ0v) is 13.5. The van der Waals surface area contributed by atoms with Crippen LogP contribution in [-0.4, -0.2) is 18.7 Å². The minimum Gasteiger partial charge on any atom is -0.266 e. The molecule has 0 saturated heterocycles. The molecule has 0 saturated carbocycles. The molecule has 1 aromatic carbocycles. The first-order valence-electron chi connectivity index (χ1n) is 6.57. The topological polar surface area (TPSA) is 50.3 Å². The summed E-state index contributed by atoms with van der Waals surface area (Å²) in [6.45, 7) is 3.58. The van der Waals surface area contributed by atoms with Crippen molar-refractivity contribution in [1.82, 2.24) is 4.98 Å². The zero-order valence-electron chi connectivity index (χ0n) is 11.9. The van der Waals surface area contributed by atoms with Crippen LogP contribution in [0.3, 0.4) is 0 Å². The monoisotopic (exact) mass is 324 g/mol. The summed E-state index contributed by atoms with van der Waals surface area (Å²) in [5.74, 6) is 0. The first kappa shape index (κ1) is 15.8. The number of hydrogen-bond donors (Lipinski definition) is 0. The summed E-state index contributed by atoms with van der Waals surface area (Å²) in [7, 11) is -3.44. The Morgan fingerprint density at radius 2 is 1.86 bits per heavy atom. The summed E-state index contributed by atoms with van der Waals surface area (Å²) in [6.07, 6.45) is 3.33. The van der Waals surface area contributed by atoms with Crippen LogP contribution in [0, 0.1) is 0 Å². The van der Waals surface area contributed by atoms with Gasteiger partial charge in [-0.15, -0.1) is 0 Å². The summed E-state index contributed by atoms with van der Waals surface area (Å²) < 4.78 is 26.6. The van der Waals surface area contributed by atoms with Gasteiger partial charge < -0.3 is 0 Å². The number of hydrogen-bond acceptors (Lipinski definition) is 3. The summed E-state index contributed by atoms with van der Waals surface area (Å²) in [6, 6.07) is 10.4. The Hall–Kier alpha value is -1.59. The van der Waals surface area contributed by atoms with E-state index in [4.69, 9.17) is 11.6 Å². The molecule has 21 heavy (non-hydrogen) atoms. The normalized spacial score (nSPS) is 11.6. The first-order chi connectivity index (χ1) is 9.91. The second-order valence-corrected chi connectivity index (χ2v) is 7.79. The summed E-state index contributed by atoms with van der Waals surface area (Å²) in [5.41, 5.74) is 1.42. The van der Waals surface area contributed by atoms with Gasteiger partial charge in [-0.25, -0.2) is 8.42 Å². The highest BCUT2D eigenvalue weighted by Crippen LogP contribution is 2.25. The van der Waals surface area contributed by atoms with Crippen LogP contribution in [0.15, 0.2) is 48.8 Å². The van der Waals surface area contributed by atoms with Gasteiger partial charge in [0.2, 0.25) is 10.0 Å². The molecular weight excluding hydrogens is 308 g/mol. The van der Waals surface area contributed by atoms with E-state index in [1.165, 1.54) is 4.31 Å². The van der Waals surface area contributed by atoms with E-state index in [0.717, 1.165) is 5.56 Å². The van der Waals surface area contributed by atoms with Gasteiger partial charge in [0.25, 0.3) is 0 Å². The lowest BCUT2D eigenvalue weighted by Gasteiger charge is -2.26. The standard InChI is InChI=1S/C15H17ClN2O2S/c1-12(2)21(19,20)18(11-13-4-3-9-17-10-13)15-7-5-14(16)6-8-15/h3-10,12H,11H2,1-2H3. The van der Waals surface area contributed by atoms with Gasteiger partial charge in [0, 0.05) is 17.4 Å². The number of pyridine rings is 1. The average molecular weight is 325 g/mol. The quantitative estimate of drug-likeness (QED) is 0.846. The van der Waals surface area contributed by atoms with Crippen LogP contribution in [0.5, 0.6) is 0 Å². The number of rotatable bonds is 5. The molecule has 0 N–H and O–H groups in total. The molecule has 4 nitrogen and oxygen atoms in total.